The number of carbonyl (C=O) groups is 1. The van der Waals surface area contributed by atoms with Gasteiger partial charge in [-0.05, 0) is 45.4 Å². The molecule has 1 amide bonds. The second kappa shape index (κ2) is 6.28. The summed E-state index contributed by atoms with van der Waals surface area (Å²) in [5.41, 5.74) is 8.52. The third-order valence-electron chi connectivity index (χ3n) is 3.02. The van der Waals surface area contributed by atoms with Crippen LogP contribution >= 0.6 is 0 Å². The Labute approximate surface area is 109 Å². The SMILES string of the molecule is CCN(CC)C(=O)C(C)Nc1ccc(C)cc1N. The molecular weight excluding hydrogens is 226 g/mol. The Morgan fingerprint density at radius 2 is 2.00 bits per heavy atom. The second-order valence-corrected chi connectivity index (χ2v) is 4.47. The Hall–Kier alpha value is -1.71. The molecule has 0 aromatic heterocycles. The molecule has 0 aliphatic heterocycles. The minimum Gasteiger partial charge on any atom is -0.397 e. The van der Waals surface area contributed by atoms with E-state index in [1.165, 1.54) is 0 Å². The minimum atomic E-state index is -0.269. The molecule has 18 heavy (non-hydrogen) atoms. The Bertz CT molecular complexity index is 414. The summed E-state index contributed by atoms with van der Waals surface area (Å²) in [6.07, 6.45) is 0. The van der Waals surface area contributed by atoms with E-state index < -0.39 is 0 Å². The van der Waals surface area contributed by atoms with Gasteiger partial charge in [0.1, 0.15) is 6.04 Å². The molecule has 1 atom stereocenters. The van der Waals surface area contributed by atoms with Gasteiger partial charge in [0.25, 0.3) is 0 Å². The smallest absolute Gasteiger partial charge is 0.244 e. The number of anilines is 2. The molecule has 0 saturated heterocycles. The highest BCUT2D eigenvalue weighted by Crippen LogP contribution is 2.20. The number of amides is 1. The summed E-state index contributed by atoms with van der Waals surface area (Å²) in [4.78, 5) is 13.9. The Morgan fingerprint density at radius 1 is 1.39 bits per heavy atom. The molecule has 4 nitrogen and oxygen atoms in total. The summed E-state index contributed by atoms with van der Waals surface area (Å²) in [6.45, 7) is 9.27. The van der Waals surface area contributed by atoms with E-state index >= 15 is 0 Å². The molecule has 1 aromatic carbocycles. The van der Waals surface area contributed by atoms with Crippen molar-refractivity contribution in [3.05, 3.63) is 23.8 Å². The zero-order chi connectivity index (χ0) is 13.7. The zero-order valence-corrected chi connectivity index (χ0v) is 11.7. The number of nitrogen functional groups attached to an aromatic ring is 1. The fraction of sp³-hybridized carbons (Fsp3) is 0.500. The molecule has 0 heterocycles. The monoisotopic (exact) mass is 249 g/mol. The van der Waals surface area contributed by atoms with Crippen molar-refractivity contribution >= 4 is 17.3 Å². The van der Waals surface area contributed by atoms with Crippen molar-refractivity contribution in [1.82, 2.24) is 4.90 Å². The van der Waals surface area contributed by atoms with Gasteiger partial charge in [0.15, 0.2) is 0 Å². The Balaban J connectivity index is 2.75. The number of hydrogen-bond donors (Lipinski definition) is 2. The van der Waals surface area contributed by atoms with Gasteiger partial charge in [-0.2, -0.15) is 0 Å². The largest absolute Gasteiger partial charge is 0.397 e. The summed E-state index contributed by atoms with van der Waals surface area (Å²) in [7, 11) is 0. The van der Waals surface area contributed by atoms with Crippen molar-refractivity contribution in [3.63, 3.8) is 0 Å². The van der Waals surface area contributed by atoms with Crippen LogP contribution in [0.5, 0.6) is 0 Å². The van der Waals surface area contributed by atoms with Crippen LogP contribution in [-0.4, -0.2) is 29.9 Å². The molecular formula is C14H23N3O. The number of benzene rings is 1. The number of nitrogens with zero attached hydrogens (tertiary/aromatic N) is 1. The minimum absolute atomic E-state index is 0.0972. The second-order valence-electron chi connectivity index (χ2n) is 4.47. The van der Waals surface area contributed by atoms with E-state index in [9.17, 15) is 4.79 Å². The number of carbonyl (C=O) groups excluding carboxylic acids is 1. The van der Waals surface area contributed by atoms with E-state index in [0.29, 0.717) is 5.69 Å². The van der Waals surface area contributed by atoms with Gasteiger partial charge in [0.2, 0.25) is 5.91 Å². The highest BCUT2D eigenvalue weighted by molar-refractivity contribution is 5.85. The van der Waals surface area contributed by atoms with Crippen LogP contribution in [0.3, 0.4) is 0 Å². The molecule has 100 valence electrons. The van der Waals surface area contributed by atoms with Gasteiger partial charge in [-0.3, -0.25) is 4.79 Å². The van der Waals surface area contributed by atoms with Crippen LogP contribution in [0.2, 0.25) is 0 Å². The van der Waals surface area contributed by atoms with Crippen LogP contribution in [0, 0.1) is 6.92 Å². The van der Waals surface area contributed by atoms with Crippen LogP contribution in [0.4, 0.5) is 11.4 Å². The molecule has 0 aliphatic carbocycles. The Morgan fingerprint density at radius 3 is 2.50 bits per heavy atom. The highest BCUT2D eigenvalue weighted by Gasteiger charge is 2.18. The van der Waals surface area contributed by atoms with Gasteiger partial charge < -0.3 is 16.0 Å². The van der Waals surface area contributed by atoms with Crippen molar-refractivity contribution in [3.8, 4) is 0 Å². The van der Waals surface area contributed by atoms with Crippen molar-refractivity contribution in [1.29, 1.82) is 0 Å². The first kappa shape index (κ1) is 14.4. The lowest BCUT2D eigenvalue weighted by molar-refractivity contribution is -0.131. The number of likely N-dealkylation sites (N-methyl/N-ethyl adjacent to an activating group) is 1. The van der Waals surface area contributed by atoms with Crippen molar-refractivity contribution < 1.29 is 4.79 Å². The molecule has 4 heteroatoms. The topological polar surface area (TPSA) is 58.4 Å². The first-order valence-corrected chi connectivity index (χ1v) is 6.41. The normalized spacial score (nSPS) is 12.0. The fourth-order valence-corrected chi connectivity index (χ4v) is 1.92. The molecule has 0 spiro atoms. The lowest BCUT2D eigenvalue weighted by Gasteiger charge is -2.24. The lowest BCUT2D eigenvalue weighted by Crippen LogP contribution is -2.41. The van der Waals surface area contributed by atoms with E-state index in [0.717, 1.165) is 24.3 Å². The van der Waals surface area contributed by atoms with Crippen LogP contribution in [-0.2, 0) is 4.79 Å². The summed E-state index contributed by atoms with van der Waals surface area (Å²) in [6, 6.07) is 5.52. The van der Waals surface area contributed by atoms with Crippen LogP contribution < -0.4 is 11.1 Å². The predicted octanol–water partition coefficient (Wildman–Crippen LogP) is 2.25. The third kappa shape index (κ3) is 3.39. The van der Waals surface area contributed by atoms with Gasteiger partial charge in [-0.25, -0.2) is 0 Å². The number of aryl methyl sites for hydroxylation is 1. The standard InChI is InChI=1S/C14H23N3O/c1-5-17(6-2)14(18)11(4)16-13-8-7-10(3)9-12(13)15/h7-9,11,16H,5-6,15H2,1-4H3. The van der Waals surface area contributed by atoms with E-state index in [2.05, 4.69) is 5.32 Å². The van der Waals surface area contributed by atoms with Crippen molar-refractivity contribution in [2.45, 2.75) is 33.7 Å². The molecule has 0 bridgehead atoms. The summed E-state index contributed by atoms with van der Waals surface area (Å²) in [5.74, 6) is 0.0972. The summed E-state index contributed by atoms with van der Waals surface area (Å²) >= 11 is 0. The van der Waals surface area contributed by atoms with Gasteiger partial charge in [-0.15, -0.1) is 0 Å². The quantitative estimate of drug-likeness (QED) is 0.787. The average molecular weight is 249 g/mol. The molecule has 0 radical (unpaired) electrons. The van der Waals surface area contributed by atoms with E-state index in [1.54, 1.807) is 0 Å². The van der Waals surface area contributed by atoms with E-state index in [-0.39, 0.29) is 11.9 Å². The number of rotatable bonds is 5. The molecule has 3 N–H and O–H groups in total. The highest BCUT2D eigenvalue weighted by atomic mass is 16.2. The summed E-state index contributed by atoms with van der Waals surface area (Å²) in [5, 5.41) is 3.17. The molecule has 1 unspecified atom stereocenters. The molecule has 1 rings (SSSR count). The van der Waals surface area contributed by atoms with Gasteiger partial charge in [0, 0.05) is 13.1 Å². The maximum atomic E-state index is 12.1. The maximum absolute atomic E-state index is 12.1. The van der Waals surface area contributed by atoms with Gasteiger partial charge >= 0.3 is 0 Å². The molecule has 0 saturated carbocycles. The lowest BCUT2D eigenvalue weighted by atomic mass is 10.1. The van der Waals surface area contributed by atoms with Crippen molar-refractivity contribution in [2.24, 2.45) is 0 Å². The molecule has 0 fully saturated rings. The number of hydrogen-bond acceptors (Lipinski definition) is 3. The zero-order valence-electron chi connectivity index (χ0n) is 11.7. The maximum Gasteiger partial charge on any atom is 0.244 e. The molecule has 1 aromatic rings. The summed E-state index contributed by atoms with van der Waals surface area (Å²) < 4.78 is 0. The van der Waals surface area contributed by atoms with Gasteiger partial charge in [0.05, 0.1) is 11.4 Å². The number of nitrogens with one attached hydrogen (secondary N) is 1. The number of nitrogens with two attached hydrogens (primary N) is 1. The first-order valence-electron chi connectivity index (χ1n) is 6.41. The van der Waals surface area contributed by atoms with E-state index in [4.69, 9.17) is 5.73 Å². The molecule has 0 aliphatic rings. The van der Waals surface area contributed by atoms with Gasteiger partial charge in [-0.1, -0.05) is 6.07 Å². The van der Waals surface area contributed by atoms with E-state index in [1.807, 2.05) is 50.8 Å². The third-order valence-corrected chi connectivity index (χ3v) is 3.02. The van der Waals surface area contributed by atoms with Crippen LogP contribution in [0.1, 0.15) is 26.3 Å². The average Bonchev–Trinajstić information content (AvgIpc) is 2.34. The van der Waals surface area contributed by atoms with Crippen LogP contribution in [0.15, 0.2) is 18.2 Å². The van der Waals surface area contributed by atoms with Crippen molar-refractivity contribution in [2.75, 3.05) is 24.1 Å². The first-order chi connectivity index (χ1) is 8.49. The fourth-order valence-electron chi connectivity index (χ4n) is 1.92. The van der Waals surface area contributed by atoms with Crippen LogP contribution in [0.25, 0.3) is 0 Å². The predicted molar refractivity (Wildman–Crippen MR) is 76.6 cm³/mol. The Kier molecular flexibility index (Phi) is 5.01.